The largest absolute Gasteiger partial charge is 0.383 e. The zero-order chi connectivity index (χ0) is 19.4. The van der Waals surface area contributed by atoms with Crippen LogP contribution >= 0.6 is 11.6 Å². The highest BCUT2D eigenvalue weighted by Gasteiger charge is 2.32. The van der Waals surface area contributed by atoms with E-state index in [2.05, 4.69) is 10.5 Å². The lowest BCUT2D eigenvalue weighted by molar-refractivity contribution is -0.133. The van der Waals surface area contributed by atoms with Gasteiger partial charge in [0.15, 0.2) is 11.6 Å². The van der Waals surface area contributed by atoms with E-state index in [1.54, 1.807) is 43.3 Å². The number of rotatable bonds is 6. The first-order valence-corrected chi connectivity index (χ1v) is 8.90. The fourth-order valence-electron chi connectivity index (χ4n) is 2.77. The van der Waals surface area contributed by atoms with E-state index in [4.69, 9.17) is 20.9 Å². The first-order valence-electron chi connectivity index (χ1n) is 8.53. The van der Waals surface area contributed by atoms with Crippen LogP contribution in [0.3, 0.4) is 0 Å². The number of hydrogen-bond acceptors (Lipinski definition) is 6. The Hall–Kier alpha value is -2.58. The highest BCUT2D eigenvalue weighted by Crippen LogP contribution is 2.31. The molecule has 27 heavy (non-hydrogen) atoms. The molecule has 0 radical (unpaired) electrons. The number of amides is 2. The number of anilines is 1. The predicted octanol–water partition coefficient (Wildman–Crippen LogP) is 1.97. The number of carbonyl (C=O) groups is 2. The molecule has 0 aliphatic carbocycles. The lowest BCUT2D eigenvalue weighted by Gasteiger charge is -2.32. The van der Waals surface area contributed by atoms with Crippen LogP contribution in [0.5, 0.6) is 0 Å². The molecule has 0 saturated carbocycles. The van der Waals surface area contributed by atoms with E-state index in [1.807, 2.05) is 0 Å². The highest BCUT2D eigenvalue weighted by atomic mass is 35.5. The van der Waals surface area contributed by atoms with Crippen molar-refractivity contribution in [2.24, 2.45) is 0 Å². The van der Waals surface area contributed by atoms with Gasteiger partial charge in [-0.1, -0.05) is 16.8 Å². The standard InChI is InChI=1S/C18H21ClN4O4/c1-22-8-9-23(11-14(22)24)18(25)15-16(12-3-5-13(19)6-4-12)27-21-17(15)20-7-10-26-2/h3-6H,7-11H2,1-2H3,(H,20,21). The number of aromatic nitrogens is 1. The molecule has 8 nitrogen and oxygen atoms in total. The Labute approximate surface area is 162 Å². The predicted molar refractivity (Wildman–Crippen MR) is 101 cm³/mol. The van der Waals surface area contributed by atoms with Crippen molar-refractivity contribution in [3.8, 4) is 11.3 Å². The maximum atomic E-state index is 13.2. The van der Waals surface area contributed by atoms with Gasteiger partial charge in [0.05, 0.1) is 6.61 Å². The smallest absolute Gasteiger partial charge is 0.262 e. The minimum atomic E-state index is -0.303. The molecule has 3 rings (SSSR count). The zero-order valence-corrected chi connectivity index (χ0v) is 16.0. The quantitative estimate of drug-likeness (QED) is 0.756. The number of nitrogens with one attached hydrogen (secondary N) is 1. The number of methoxy groups -OCH3 is 1. The molecule has 0 bridgehead atoms. The van der Waals surface area contributed by atoms with Crippen LogP contribution in [0.1, 0.15) is 10.4 Å². The van der Waals surface area contributed by atoms with Crippen molar-refractivity contribution >= 4 is 29.2 Å². The van der Waals surface area contributed by atoms with Gasteiger partial charge < -0.3 is 24.4 Å². The van der Waals surface area contributed by atoms with Crippen molar-refractivity contribution in [1.82, 2.24) is 15.0 Å². The molecule has 0 atom stereocenters. The van der Waals surface area contributed by atoms with Crippen LogP contribution in [0.2, 0.25) is 5.02 Å². The zero-order valence-electron chi connectivity index (χ0n) is 15.2. The average Bonchev–Trinajstić information content (AvgIpc) is 3.08. The molecule has 1 aromatic carbocycles. The van der Waals surface area contributed by atoms with E-state index in [1.165, 1.54) is 4.90 Å². The first kappa shape index (κ1) is 19.2. The normalized spacial score (nSPS) is 14.6. The molecule has 2 aromatic rings. The molecule has 1 N–H and O–H groups in total. The number of ether oxygens (including phenoxy) is 1. The number of carbonyl (C=O) groups excluding carboxylic acids is 2. The Balaban J connectivity index is 1.94. The lowest BCUT2D eigenvalue weighted by Crippen LogP contribution is -2.50. The molecule has 2 amide bonds. The maximum Gasteiger partial charge on any atom is 0.262 e. The molecule has 1 aliphatic heterocycles. The topological polar surface area (TPSA) is 87.9 Å². The van der Waals surface area contributed by atoms with Gasteiger partial charge in [0.25, 0.3) is 5.91 Å². The molecular formula is C18H21ClN4O4. The van der Waals surface area contributed by atoms with Gasteiger partial charge in [0.2, 0.25) is 5.91 Å². The Bertz CT molecular complexity index is 821. The second-order valence-electron chi connectivity index (χ2n) is 6.20. The van der Waals surface area contributed by atoms with Crippen molar-refractivity contribution in [3.63, 3.8) is 0 Å². The van der Waals surface area contributed by atoms with Crippen LogP contribution in [0.25, 0.3) is 11.3 Å². The van der Waals surface area contributed by atoms with Crippen molar-refractivity contribution in [2.45, 2.75) is 0 Å². The van der Waals surface area contributed by atoms with Gasteiger partial charge in [-0.2, -0.15) is 0 Å². The number of nitrogens with zero attached hydrogens (tertiary/aromatic N) is 3. The van der Waals surface area contributed by atoms with E-state index >= 15 is 0 Å². The van der Waals surface area contributed by atoms with Crippen LogP contribution in [0.15, 0.2) is 28.8 Å². The summed E-state index contributed by atoms with van der Waals surface area (Å²) in [4.78, 5) is 28.3. The number of halogens is 1. The molecular weight excluding hydrogens is 372 g/mol. The summed E-state index contributed by atoms with van der Waals surface area (Å²) in [5.74, 6) is 0.256. The number of likely N-dealkylation sites (N-methyl/N-ethyl adjacent to an activating group) is 1. The second kappa shape index (κ2) is 8.41. The van der Waals surface area contributed by atoms with E-state index in [9.17, 15) is 9.59 Å². The van der Waals surface area contributed by atoms with Gasteiger partial charge in [-0.3, -0.25) is 9.59 Å². The molecule has 2 heterocycles. The summed E-state index contributed by atoms with van der Waals surface area (Å²) < 4.78 is 10.5. The summed E-state index contributed by atoms with van der Waals surface area (Å²) in [5, 5.41) is 7.65. The van der Waals surface area contributed by atoms with Crippen LogP contribution in [-0.2, 0) is 9.53 Å². The van der Waals surface area contributed by atoms with Crippen LogP contribution < -0.4 is 5.32 Å². The minimum Gasteiger partial charge on any atom is -0.383 e. The minimum absolute atomic E-state index is 0.0259. The van der Waals surface area contributed by atoms with Crippen LogP contribution in [-0.4, -0.2) is 73.7 Å². The Kier molecular flexibility index (Phi) is 5.98. The first-order chi connectivity index (χ1) is 13.0. The van der Waals surface area contributed by atoms with Gasteiger partial charge in [-0.25, -0.2) is 0 Å². The van der Waals surface area contributed by atoms with Gasteiger partial charge in [-0.05, 0) is 24.3 Å². The summed E-state index contributed by atoms with van der Waals surface area (Å²) in [6, 6.07) is 6.94. The fraction of sp³-hybridized carbons (Fsp3) is 0.389. The van der Waals surface area contributed by atoms with Gasteiger partial charge >= 0.3 is 0 Å². The Morgan fingerprint density at radius 2 is 2.07 bits per heavy atom. The molecule has 0 unspecified atom stereocenters. The Morgan fingerprint density at radius 1 is 1.33 bits per heavy atom. The lowest BCUT2D eigenvalue weighted by atomic mass is 10.1. The van der Waals surface area contributed by atoms with Crippen molar-refractivity contribution in [2.75, 3.05) is 52.3 Å². The fourth-order valence-corrected chi connectivity index (χ4v) is 2.89. The van der Waals surface area contributed by atoms with Gasteiger partial charge in [0.1, 0.15) is 12.1 Å². The molecule has 1 aliphatic rings. The molecule has 9 heteroatoms. The summed E-state index contributed by atoms with van der Waals surface area (Å²) in [6.45, 7) is 1.87. The molecule has 1 fully saturated rings. The summed E-state index contributed by atoms with van der Waals surface area (Å²) >= 11 is 5.95. The average molecular weight is 393 g/mol. The molecule has 144 valence electrons. The summed E-state index contributed by atoms with van der Waals surface area (Å²) in [6.07, 6.45) is 0. The third-order valence-electron chi connectivity index (χ3n) is 4.36. The molecule has 0 spiro atoms. The van der Waals surface area contributed by atoms with Crippen molar-refractivity contribution in [1.29, 1.82) is 0 Å². The maximum absolute atomic E-state index is 13.2. The number of benzene rings is 1. The third kappa shape index (κ3) is 4.23. The van der Waals surface area contributed by atoms with Crippen molar-refractivity contribution in [3.05, 3.63) is 34.9 Å². The van der Waals surface area contributed by atoms with E-state index in [-0.39, 0.29) is 18.4 Å². The number of piperazine rings is 1. The van der Waals surface area contributed by atoms with E-state index < -0.39 is 0 Å². The summed E-state index contributed by atoms with van der Waals surface area (Å²) in [7, 11) is 3.31. The second-order valence-corrected chi connectivity index (χ2v) is 6.64. The highest BCUT2D eigenvalue weighted by molar-refractivity contribution is 6.30. The monoisotopic (exact) mass is 392 g/mol. The summed E-state index contributed by atoms with van der Waals surface area (Å²) in [5.41, 5.74) is 0.973. The van der Waals surface area contributed by atoms with Crippen molar-refractivity contribution < 1.29 is 18.8 Å². The van der Waals surface area contributed by atoms with Crippen LogP contribution in [0, 0.1) is 0 Å². The van der Waals surface area contributed by atoms with Crippen LogP contribution in [0.4, 0.5) is 5.82 Å². The SMILES string of the molecule is COCCNc1noc(-c2ccc(Cl)cc2)c1C(=O)N1CCN(C)C(=O)C1. The van der Waals surface area contributed by atoms with Gasteiger partial charge in [0, 0.05) is 44.4 Å². The van der Waals surface area contributed by atoms with E-state index in [0.29, 0.717) is 54.0 Å². The molecule has 1 saturated heterocycles. The van der Waals surface area contributed by atoms with E-state index in [0.717, 1.165) is 0 Å². The Morgan fingerprint density at radius 3 is 2.74 bits per heavy atom. The molecule has 1 aromatic heterocycles. The number of hydrogen-bond donors (Lipinski definition) is 1. The third-order valence-corrected chi connectivity index (χ3v) is 4.61. The van der Waals surface area contributed by atoms with Gasteiger partial charge in [-0.15, -0.1) is 0 Å².